The van der Waals surface area contributed by atoms with E-state index < -0.39 is 0 Å². The second kappa shape index (κ2) is 4.94. The van der Waals surface area contributed by atoms with Crippen LogP contribution in [0.1, 0.15) is 24.8 Å². The van der Waals surface area contributed by atoms with Gasteiger partial charge in [-0.2, -0.15) is 0 Å². The topological polar surface area (TPSA) is 47.6 Å². The Morgan fingerprint density at radius 3 is 3.00 bits per heavy atom. The van der Waals surface area contributed by atoms with Crippen LogP contribution < -0.4 is 10.5 Å². The fraction of sp³-hybridized carbons (Fsp3) is 0.500. The van der Waals surface area contributed by atoms with Gasteiger partial charge in [-0.3, -0.25) is 4.99 Å². The molecule has 0 radical (unpaired) electrons. The Bertz CT molecular complexity index is 475. The zero-order valence-electron chi connectivity index (χ0n) is 10.5. The molecule has 0 bridgehead atoms. The van der Waals surface area contributed by atoms with Gasteiger partial charge in [0.05, 0.1) is 13.2 Å². The molecule has 4 heteroatoms. The number of rotatable bonds is 2. The van der Waals surface area contributed by atoms with Crippen LogP contribution in [0.5, 0.6) is 5.75 Å². The molecule has 1 saturated carbocycles. The zero-order chi connectivity index (χ0) is 12.5. The molecule has 1 aliphatic heterocycles. The lowest BCUT2D eigenvalue weighted by molar-refractivity contribution is 0.410. The number of ether oxygens (including phenoxy) is 1. The lowest BCUT2D eigenvalue weighted by atomic mass is 9.92. The van der Waals surface area contributed by atoms with Gasteiger partial charge in [0, 0.05) is 16.9 Å². The third-order valence-corrected chi connectivity index (χ3v) is 5.04. The minimum absolute atomic E-state index is 0.353. The molecule has 2 aliphatic rings. The Morgan fingerprint density at radius 1 is 1.33 bits per heavy atom. The molecule has 3 unspecified atom stereocenters. The van der Waals surface area contributed by atoms with Gasteiger partial charge in [0.2, 0.25) is 0 Å². The van der Waals surface area contributed by atoms with E-state index in [1.807, 2.05) is 30.0 Å². The van der Waals surface area contributed by atoms with Gasteiger partial charge in [-0.05, 0) is 31.4 Å². The maximum Gasteiger partial charge on any atom is 0.128 e. The average Bonchev–Trinajstić information content (AvgIpc) is 2.81. The molecule has 3 rings (SSSR count). The van der Waals surface area contributed by atoms with Gasteiger partial charge in [-0.25, -0.2) is 0 Å². The first-order valence-corrected chi connectivity index (χ1v) is 7.29. The fourth-order valence-corrected chi connectivity index (χ4v) is 4.17. The molecule has 1 heterocycles. The van der Waals surface area contributed by atoms with Crippen LogP contribution in [0.15, 0.2) is 29.3 Å². The number of nitrogens with two attached hydrogens (primary N) is 1. The molecule has 96 valence electrons. The Kier molecular flexibility index (Phi) is 3.31. The quantitative estimate of drug-likeness (QED) is 0.890. The highest BCUT2D eigenvalue weighted by Gasteiger charge is 2.35. The van der Waals surface area contributed by atoms with Crippen LogP contribution in [0.2, 0.25) is 0 Å². The molecule has 0 saturated heterocycles. The Labute approximate surface area is 112 Å². The summed E-state index contributed by atoms with van der Waals surface area (Å²) in [6.45, 7) is 0. The number of methoxy groups -OCH3 is 1. The van der Waals surface area contributed by atoms with Gasteiger partial charge in [-0.15, -0.1) is 11.8 Å². The summed E-state index contributed by atoms with van der Waals surface area (Å²) < 4.78 is 5.41. The molecule has 0 spiro atoms. The summed E-state index contributed by atoms with van der Waals surface area (Å²) in [6, 6.07) is 8.91. The predicted octanol–water partition coefficient (Wildman–Crippen LogP) is 2.44. The van der Waals surface area contributed by atoms with Gasteiger partial charge in [0.15, 0.2) is 0 Å². The van der Waals surface area contributed by atoms with Crippen molar-refractivity contribution < 1.29 is 4.74 Å². The van der Waals surface area contributed by atoms with Crippen LogP contribution in [0, 0.1) is 0 Å². The second-order valence-electron chi connectivity index (χ2n) is 4.93. The van der Waals surface area contributed by atoms with E-state index in [1.165, 1.54) is 0 Å². The van der Waals surface area contributed by atoms with E-state index in [-0.39, 0.29) is 0 Å². The van der Waals surface area contributed by atoms with Crippen molar-refractivity contribution in [2.75, 3.05) is 7.11 Å². The number of hydrogen-bond donors (Lipinski definition) is 1. The third-order valence-electron chi connectivity index (χ3n) is 3.68. The summed E-state index contributed by atoms with van der Waals surface area (Å²) >= 11 is 1.87. The van der Waals surface area contributed by atoms with Crippen molar-refractivity contribution in [3.8, 4) is 5.75 Å². The van der Waals surface area contributed by atoms with Crippen molar-refractivity contribution in [2.24, 2.45) is 10.7 Å². The van der Waals surface area contributed by atoms with Crippen LogP contribution >= 0.6 is 11.8 Å². The first kappa shape index (κ1) is 12.1. The zero-order valence-corrected chi connectivity index (χ0v) is 11.3. The lowest BCUT2D eigenvalue weighted by Gasteiger charge is -2.27. The number of nitrogens with zero attached hydrogens (tertiary/aromatic N) is 1. The number of hydrogen-bond acceptors (Lipinski definition) is 4. The SMILES string of the molecule is COc1ccccc1C1=NC2CCC(N)CC2S1. The van der Waals surface area contributed by atoms with Gasteiger partial charge in [0.1, 0.15) is 10.8 Å². The first-order valence-electron chi connectivity index (χ1n) is 6.41. The molecular weight excluding hydrogens is 244 g/mol. The van der Waals surface area contributed by atoms with Crippen molar-refractivity contribution in [3.63, 3.8) is 0 Å². The second-order valence-corrected chi connectivity index (χ2v) is 6.16. The van der Waals surface area contributed by atoms with Gasteiger partial charge in [-0.1, -0.05) is 12.1 Å². The van der Waals surface area contributed by atoms with Crippen molar-refractivity contribution in [3.05, 3.63) is 29.8 Å². The lowest BCUT2D eigenvalue weighted by Crippen LogP contribution is -2.35. The molecule has 3 nitrogen and oxygen atoms in total. The third kappa shape index (κ3) is 2.15. The smallest absolute Gasteiger partial charge is 0.128 e. The van der Waals surface area contributed by atoms with Crippen LogP contribution in [-0.2, 0) is 0 Å². The Hall–Kier alpha value is -1.00. The number of fused-ring (bicyclic) bond motifs is 1. The van der Waals surface area contributed by atoms with E-state index >= 15 is 0 Å². The maximum absolute atomic E-state index is 6.04. The van der Waals surface area contributed by atoms with Gasteiger partial charge in [0.25, 0.3) is 0 Å². The van der Waals surface area contributed by atoms with E-state index in [0.717, 1.165) is 35.6 Å². The normalized spacial score (nSPS) is 30.8. The van der Waals surface area contributed by atoms with Crippen LogP contribution in [0.4, 0.5) is 0 Å². The summed E-state index contributed by atoms with van der Waals surface area (Å²) in [5.74, 6) is 0.909. The molecule has 0 aromatic heterocycles. The Morgan fingerprint density at radius 2 is 2.17 bits per heavy atom. The Balaban J connectivity index is 1.86. The number of benzene rings is 1. The van der Waals surface area contributed by atoms with Crippen molar-refractivity contribution in [1.82, 2.24) is 0 Å². The van der Waals surface area contributed by atoms with Crippen LogP contribution in [-0.4, -0.2) is 29.5 Å². The van der Waals surface area contributed by atoms with Gasteiger partial charge < -0.3 is 10.5 Å². The maximum atomic E-state index is 6.04. The molecule has 0 amide bonds. The standard InChI is InChI=1S/C14H18N2OS/c1-17-12-5-3-2-4-10(12)14-16-11-7-6-9(15)8-13(11)18-14/h2-5,9,11,13H,6-8,15H2,1H3. The van der Waals surface area contributed by atoms with E-state index in [1.54, 1.807) is 7.11 Å². The molecule has 18 heavy (non-hydrogen) atoms. The monoisotopic (exact) mass is 262 g/mol. The van der Waals surface area contributed by atoms with Crippen LogP contribution in [0.3, 0.4) is 0 Å². The molecular formula is C14H18N2OS. The van der Waals surface area contributed by atoms with Crippen LogP contribution in [0.25, 0.3) is 0 Å². The highest BCUT2D eigenvalue weighted by atomic mass is 32.2. The summed E-state index contributed by atoms with van der Waals surface area (Å²) in [6.07, 6.45) is 3.30. The van der Waals surface area contributed by atoms with E-state index in [2.05, 4.69) is 6.07 Å². The van der Waals surface area contributed by atoms with Crippen molar-refractivity contribution in [2.45, 2.75) is 36.6 Å². The number of thioether (sulfide) groups is 1. The van der Waals surface area contributed by atoms with E-state index in [4.69, 9.17) is 15.5 Å². The first-order chi connectivity index (χ1) is 8.78. The molecule has 1 fully saturated rings. The highest BCUT2D eigenvalue weighted by Crippen LogP contribution is 2.40. The van der Waals surface area contributed by atoms with Crippen molar-refractivity contribution >= 4 is 16.8 Å². The van der Waals surface area contributed by atoms with E-state index in [0.29, 0.717) is 17.3 Å². The molecule has 1 aliphatic carbocycles. The minimum atomic E-state index is 0.353. The largest absolute Gasteiger partial charge is 0.496 e. The van der Waals surface area contributed by atoms with Gasteiger partial charge >= 0.3 is 0 Å². The fourth-order valence-electron chi connectivity index (χ4n) is 2.70. The summed E-state index contributed by atoms with van der Waals surface area (Å²) in [4.78, 5) is 4.87. The summed E-state index contributed by atoms with van der Waals surface area (Å²) in [5, 5.41) is 1.69. The molecule has 1 aromatic carbocycles. The molecule has 2 N–H and O–H groups in total. The number of para-hydroxylation sites is 1. The average molecular weight is 262 g/mol. The summed E-state index contributed by atoms with van der Waals surface area (Å²) in [7, 11) is 1.71. The molecule has 1 aromatic rings. The summed E-state index contributed by atoms with van der Waals surface area (Å²) in [5.41, 5.74) is 7.16. The number of aliphatic imine (C=N–C) groups is 1. The minimum Gasteiger partial charge on any atom is -0.496 e. The van der Waals surface area contributed by atoms with Crippen molar-refractivity contribution in [1.29, 1.82) is 0 Å². The predicted molar refractivity (Wildman–Crippen MR) is 76.5 cm³/mol. The highest BCUT2D eigenvalue weighted by molar-refractivity contribution is 8.15. The van der Waals surface area contributed by atoms with E-state index in [9.17, 15) is 0 Å². The molecule has 3 atom stereocenters.